The van der Waals surface area contributed by atoms with E-state index < -0.39 is 0 Å². The van der Waals surface area contributed by atoms with Crippen LogP contribution in [0.5, 0.6) is 0 Å². The van der Waals surface area contributed by atoms with E-state index in [0.29, 0.717) is 10.3 Å². The fraction of sp³-hybridized carbons (Fsp3) is 0.0476. The molecule has 2 aromatic carbocycles. The van der Waals surface area contributed by atoms with Gasteiger partial charge in [0.05, 0.1) is 5.69 Å². The molecule has 138 valence electrons. The predicted octanol–water partition coefficient (Wildman–Crippen LogP) is 5.13. The molecule has 7 heteroatoms. The molecular formula is C21H16N4OS2. The van der Waals surface area contributed by atoms with Crippen LogP contribution >= 0.6 is 23.1 Å². The SMILES string of the molecule is CSc1ncc(/C=C/C(=O)Nc2nc(-c3ccc4ccccc4c3)cs2)cn1. The summed E-state index contributed by atoms with van der Waals surface area (Å²) in [5.41, 5.74) is 2.64. The van der Waals surface area contributed by atoms with Crippen molar-refractivity contribution >= 4 is 51.0 Å². The summed E-state index contributed by atoms with van der Waals surface area (Å²) in [7, 11) is 0. The van der Waals surface area contributed by atoms with Gasteiger partial charge < -0.3 is 0 Å². The number of thioether (sulfide) groups is 1. The summed E-state index contributed by atoms with van der Waals surface area (Å²) < 4.78 is 0. The molecule has 2 heterocycles. The number of rotatable bonds is 5. The maximum absolute atomic E-state index is 12.2. The van der Waals surface area contributed by atoms with E-state index in [2.05, 4.69) is 44.5 Å². The van der Waals surface area contributed by atoms with Crippen LogP contribution in [0, 0.1) is 0 Å². The molecule has 0 aliphatic rings. The Morgan fingerprint density at radius 1 is 1.11 bits per heavy atom. The van der Waals surface area contributed by atoms with Crippen molar-refractivity contribution in [2.75, 3.05) is 11.6 Å². The van der Waals surface area contributed by atoms with E-state index in [4.69, 9.17) is 0 Å². The van der Waals surface area contributed by atoms with Crippen LogP contribution in [-0.2, 0) is 4.79 Å². The Kier molecular flexibility index (Phi) is 5.45. The minimum absolute atomic E-state index is 0.242. The second-order valence-electron chi connectivity index (χ2n) is 5.93. The summed E-state index contributed by atoms with van der Waals surface area (Å²) in [5, 5.41) is 8.36. The molecule has 4 aromatic rings. The first-order chi connectivity index (χ1) is 13.7. The Hall–Kier alpha value is -3.03. The van der Waals surface area contributed by atoms with Gasteiger partial charge >= 0.3 is 0 Å². The highest BCUT2D eigenvalue weighted by molar-refractivity contribution is 7.98. The zero-order valence-corrected chi connectivity index (χ0v) is 16.6. The average molecular weight is 405 g/mol. The van der Waals surface area contributed by atoms with E-state index in [1.807, 2.05) is 29.8 Å². The maximum atomic E-state index is 12.2. The van der Waals surface area contributed by atoms with E-state index in [1.165, 1.54) is 34.6 Å². The zero-order valence-electron chi connectivity index (χ0n) is 15.0. The Balaban J connectivity index is 1.44. The quantitative estimate of drug-likeness (QED) is 0.284. The number of hydrogen-bond acceptors (Lipinski definition) is 6. The van der Waals surface area contributed by atoms with Crippen molar-refractivity contribution < 1.29 is 4.79 Å². The fourth-order valence-corrected chi connectivity index (χ4v) is 3.69. The van der Waals surface area contributed by atoms with Gasteiger partial charge in [0.25, 0.3) is 0 Å². The number of hydrogen-bond donors (Lipinski definition) is 1. The second-order valence-corrected chi connectivity index (χ2v) is 7.56. The topological polar surface area (TPSA) is 67.8 Å². The van der Waals surface area contributed by atoms with Crippen LogP contribution in [0.4, 0.5) is 5.13 Å². The largest absolute Gasteiger partial charge is 0.298 e. The second kappa shape index (κ2) is 8.33. The molecule has 0 saturated heterocycles. The maximum Gasteiger partial charge on any atom is 0.250 e. The summed E-state index contributed by atoms with van der Waals surface area (Å²) in [6, 6.07) is 14.4. The Morgan fingerprint density at radius 3 is 2.68 bits per heavy atom. The molecule has 5 nitrogen and oxygen atoms in total. The molecule has 0 saturated carbocycles. The van der Waals surface area contributed by atoms with E-state index in [9.17, 15) is 4.79 Å². The van der Waals surface area contributed by atoms with Crippen LogP contribution in [0.25, 0.3) is 28.1 Å². The van der Waals surface area contributed by atoms with Gasteiger partial charge in [-0.1, -0.05) is 48.2 Å². The number of fused-ring (bicyclic) bond motifs is 1. The molecule has 0 fully saturated rings. The van der Waals surface area contributed by atoms with E-state index in [-0.39, 0.29) is 5.91 Å². The minimum atomic E-state index is -0.242. The molecular weight excluding hydrogens is 388 g/mol. The molecule has 0 aliphatic heterocycles. The van der Waals surface area contributed by atoms with Crippen molar-refractivity contribution in [3.05, 3.63) is 71.9 Å². The van der Waals surface area contributed by atoms with Crippen LogP contribution in [0.1, 0.15) is 5.56 Å². The molecule has 0 radical (unpaired) electrons. The molecule has 0 spiro atoms. The first-order valence-electron chi connectivity index (χ1n) is 8.51. The number of nitrogens with one attached hydrogen (secondary N) is 1. The van der Waals surface area contributed by atoms with Crippen LogP contribution in [0.3, 0.4) is 0 Å². The van der Waals surface area contributed by atoms with Crippen LogP contribution in [0.15, 0.2) is 71.5 Å². The van der Waals surface area contributed by atoms with E-state index in [0.717, 1.165) is 22.2 Å². The number of carbonyl (C=O) groups excluding carboxylic acids is 1. The van der Waals surface area contributed by atoms with Crippen molar-refractivity contribution in [2.24, 2.45) is 0 Å². The van der Waals surface area contributed by atoms with Crippen LogP contribution in [-0.4, -0.2) is 27.1 Å². The summed E-state index contributed by atoms with van der Waals surface area (Å²) in [4.78, 5) is 25.0. The number of thiazole rings is 1. The van der Waals surface area contributed by atoms with Gasteiger partial charge in [-0.2, -0.15) is 0 Å². The van der Waals surface area contributed by atoms with Crippen LogP contribution < -0.4 is 5.32 Å². The van der Waals surface area contributed by atoms with Gasteiger partial charge in [-0.05, 0) is 29.2 Å². The molecule has 2 aromatic heterocycles. The van der Waals surface area contributed by atoms with Crippen molar-refractivity contribution in [1.29, 1.82) is 0 Å². The molecule has 0 bridgehead atoms. The monoisotopic (exact) mass is 404 g/mol. The van der Waals surface area contributed by atoms with Crippen molar-refractivity contribution in [3.8, 4) is 11.3 Å². The molecule has 0 unspecified atom stereocenters. The number of amides is 1. The highest BCUT2D eigenvalue weighted by Crippen LogP contribution is 2.27. The van der Waals surface area contributed by atoms with Crippen LogP contribution in [0.2, 0.25) is 0 Å². The normalized spacial score (nSPS) is 11.2. The van der Waals surface area contributed by atoms with Crippen molar-refractivity contribution in [1.82, 2.24) is 15.0 Å². The Bertz CT molecular complexity index is 1150. The number of carbonyl (C=O) groups is 1. The molecule has 1 N–H and O–H groups in total. The van der Waals surface area contributed by atoms with Gasteiger partial charge in [-0.3, -0.25) is 10.1 Å². The lowest BCUT2D eigenvalue weighted by molar-refractivity contribution is -0.111. The minimum Gasteiger partial charge on any atom is -0.298 e. The van der Waals surface area contributed by atoms with Crippen molar-refractivity contribution in [2.45, 2.75) is 5.16 Å². The van der Waals surface area contributed by atoms with E-state index in [1.54, 1.807) is 18.5 Å². The van der Waals surface area contributed by atoms with Gasteiger partial charge in [-0.15, -0.1) is 11.3 Å². The molecule has 4 rings (SSSR count). The first-order valence-corrected chi connectivity index (χ1v) is 10.6. The number of nitrogens with zero attached hydrogens (tertiary/aromatic N) is 3. The molecule has 0 atom stereocenters. The Morgan fingerprint density at radius 2 is 1.89 bits per heavy atom. The smallest absolute Gasteiger partial charge is 0.250 e. The number of anilines is 1. The Labute approximate surface area is 170 Å². The van der Waals surface area contributed by atoms with Gasteiger partial charge in [0.15, 0.2) is 10.3 Å². The molecule has 1 amide bonds. The van der Waals surface area contributed by atoms with Gasteiger partial charge in [-0.25, -0.2) is 15.0 Å². The molecule has 28 heavy (non-hydrogen) atoms. The standard InChI is InChI=1S/C21H16N4OS2/c1-27-20-22-11-14(12-23-20)6-9-19(26)25-21-24-18(13-28-21)17-8-7-15-4-2-3-5-16(15)10-17/h2-13H,1H3,(H,24,25,26)/b9-6+. The summed E-state index contributed by atoms with van der Waals surface area (Å²) in [6.07, 6.45) is 8.41. The zero-order chi connectivity index (χ0) is 19.3. The highest BCUT2D eigenvalue weighted by atomic mass is 32.2. The third kappa shape index (κ3) is 4.27. The third-order valence-electron chi connectivity index (χ3n) is 4.04. The van der Waals surface area contributed by atoms with Gasteiger partial charge in [0.2, 0.25) is 5.91 Å². The van der Waals surface area contributed by atoms with E-state index >= 15 is 0 Å². The third-order valence-corrected chi connectivity index (χ3v) is 5.37. The summed E-state index contributed by atoms with van der Waals surface area (Å²) in [5.74, 6) is -0.242. The average Bonchev–Trinajstić information content (AvgIpc) is 3.20. The fourth-order valence-electron chi connectivity index (χ4n) is 2.65. The van der Waals surface area contributed by atoms with Gasteiger partial charge in [0, 0.05) is 35.0 Å². The number of benzene rings is 2. The molecule has 0 aliphatic carbocycles. The number of aromatic nitrogens is 3. The highest BCUT2D eigenvalue weighted by Gasteiger charge is 2.07. The first kappa shape index (κ1) is 18.3. The lowest BCUT2D eigenvalue weighted by atomic mass is 10.1. The van der Waals surface area contributed by atoms with Crippen molar-refractivity contribution in [3.63, 3.8) is 0 Å². The predicted molar refractivity (Wildman–Crippen MR) is 117 cm³/mol. The summed E-state index contributed by atoms with van der Waals surface area (Å²) in [6.45, 7) is 0. The lowest BCUT2D eigenvalue weighted by Gasteiger charge is -2.01. The van der Waals surface area contributed by atoms with Gasteiger partial charge in [0.1, 0.15) is 0 Å². The summed E-state index contributed by atoms with van der Waals surface area (Å²) >= 11 is 2.87. The lowest BCUT2D eigenvalue weighted by Crippen LogP contribution is -2.07.